The molecule has 0 aliphatic rings. The molecule has 1 N–H and O–H groups in total. The molecule has 0 spiro atoms. The molecular formula is C7H10ClF2N5. The van der Waals surface area contributed by atoms with Gasteiger partial charge in [-0.25, -0.2) is 8.78 Å². The summed E-state index contributed by atoms with van der Waals surface area (Å²) in [5.41, 5.74) is 0. The van der Waals surface area contributed by atoms with Crippen molar-refractivity contribution in [2.24, 2.45) is 0 Å². The summed E-state index contributed by atoms with van der Waals surface area (Å²) in [5.74, 6) is 0.353. The number of nitrogens with zero attached hydrogens (tertiary/aromatic N) is 4. The van der Waals surface area contributed by atoms with E-state index in [1.54, 1.807) is 7.05 Å². The predicted molar refractivity (Wildman–Crippen MR) is 53.7 cm³/mol. The standard InChI is InChI=1S/C7H10ClF2N5/c1-11-6-12-5(8)13-7(14-6)15(2)3-4(9)10/h4H,3H2,1-2H3,(H,11,12,13,14). The summed E-state index contributed by atoms with van der Waals surface area (Å²) in [4.78, 5) is 12.5. The smallest absolute Gasteiger partial charge is 0.255 e. The Labute approximate surface area is 90.5 Å². The molecule has 0 unspecified atom stereocenters. The lowest BCUT2D eigenvalue weighted by molar-refractivity contribution is 0.156. The van der Waals surface area contributed by atoms with Gasteiger partial charge in [0.15, 0.2) is 0 Å². The van der Waals surface area contributed by atoms with Crippen molar-refractivity contribution in [2.75, 3.05) is 30.9 Å². The maximum absolute atomic E-state index is 12.1. The van der Waals surface area contributed by atoms with Crippen LogP contribution in [0.5, 0.6) is 0 Å². The van der Waals surface area contributed by atoms with E-state index in [2.05, 4.69) is 20.3 Å². The number of halogens is 3. The van der Waals surface area contributed by atoms with Gasteiger partial charge in [0.05, 0.1) is 6.54 Å². The Bertz CT molecular complexity index is 335. The predicted octanol–water partition coefficient (Wildman–Crippen LogP) is 1.27. The van der Waals surface area contributed by atoms with E-state index in [0.717, 1.165) is 0 Å². The first-order valence-electron chi connectivity index (χ1n) is 4.11. The third-order valence-electron chi connectivity index (χ3n) is 1.57. The largest absolute Gasteiger partial charge is 0.357 e. The maximum Gasteiger partial charge on any atom is 0.255 e. The first-order valence-corrected chi connectivity index (χ1v) is 4.49. The molecule has 1 heterocycles. The fraction of sp³-hybridized carbons (Fsp3) is 0.571. The van der Waals surface area contributed by atoms with Gasteiger partial charge in [0, 0.05) is 14.1 Å². The minimum Gasteiger partial charge on any atom is -0.357 e. The number of alkyl halides is 2. The van der Waals surface area contributed by atoms with Crippen LogP contribution in [0.1, 0.15) is 0 Å². The fourth-order valence-corrected chi connectivity index (χ4v) is 1.07. The van der Waals surface area contributed by atoms with Crippen LogP contribution in [0.4, 0.5) is 20.7 Å². The summed E-state index contributed by atoms with van der Waals surface area (Å²) in [6, 6.07) is 0. The van der Waals surface area contributed by atoms with Gasteiger partial charge in [-0.05, 0) is 11.6 Å². The minimum absolute atomic E-state index is 0.0366. The van der Waals surface area contributed by atoms with Crippen LogP contribution >= 0.6 is 11.6 Å². The topological polar surface area (TPSA) is 53.9 Å². The SMILES string of the molecule is CNc1nc(Cl)nc(N(C)CC(F)F)n1. The third-order valence-corrected chi connectivity index (χ3v) is 1.74. The summed E-state index contributed by atoms with van der Waals surface area (Å²) in [5, 5.41) is 2.62. The van der Waals surface area contributed by atoms with Crippen LogP contribution in [0.15, 0.2) is 0 Å². The molecule has 0 atom stereocenters. The van der Waals surface area contributed by atoms with Gasteiger partial charge in [0.2, 0.25) is 17.2 Å². The molecule has 0 radical (unpaired) electrons. The van der Waals surface area contributed by atoms with Crippen LogP contribution in [0, 0.1) is 0 Å². The Morgan fingerprint density at radius 2 is 2.07 bits per heavy atom. The molecule has 15 heavy (non-hydrogen) atoms. The van der Waals surface area contributed by atoms with E-state index in [4.69, 9.17) is 11.6 Å². The van der Waals surface area contributed by atoms with Crippen molar-refractivity contribution >= 4 is 23.5 Å². The van der Waals surface area contributed by atoms with Crippen LogP contribution in [0.3, 0.4) is 0 Å². The highest BCUT2D eigenvalue weighted by molar-refractivity contribution is 6.28. The molecule has 5 nitrogen and oxygen atoms in total. The summed E-state index contributed by atoms with van der Waals surface area (Å²) in [6.45, 7) is -0.455. The lowest BCUT2D eigenvalue weighted by Gasteiger charge is -2.16. The van der Waals surface area contributed by atoms with Crippen LogP contribution < -0.4 is 10.2 Å². The lowest BCUT2D eigenvalue weighted by atomic mass is 10.6. The first kappa shape index (κ1) is 11.8. The molecule has 8 heteroatoms. The summed E-state index contributed by atoms with van der Waals surface area (Å²) >= 11 is 5.59. The molecule has 0 fully saturated rings. The first-order chi connectivity index (χ1) is 7.02. The molecule has 0 aliphatic carbocycles. The molecule has 0 aromatic carbocycles. The van der Waals surface area contributed by atoms with E-state index >= 15 is 0 Å². The Kier molecular flexibility index (Phi) is 3.96. The highest BCUT2D eigenvalue weighted by Gasteiger charge is 2.12. The van der Waals surface area contributed by atoms with E-state index in [-0.39, 0.29) is 17.2 Å². The Morgan fingerprint density at radius 3 is 2.60 bits per heavy atom. The molecule has 1 rings (SSSR count). The van der Waals surface area contributed by atoms with Gasteiger partial charge >= 0.3 is 0 Å². The maximum atomic E-state index is 12.1. The second kappa shape index (κ2) is 5.01. The van der Waals surface area contributed by atoms with Crippen LogP contribution in [-0.2, 0) is 0 Å². The quantitative estimate of drug-likeness (QED) is 0.855. The Hall–Kier alpha value is -1.24. The highest BCUT2D eigenvalue weighted by Crippen LogP contribution is 2.12. The Balaban J connectivity index is 2.88. The van der Waals surface area contributed by atoms with Crippen molar-refractivity contribution in [3.05, 3.63) is 5.28 Å². The van der Waals surface area contributed by atoms with Gasteiger partial charge in [0.1, 0.15) is 0 Å². The molecule has 0 aliphatic heterocycles. The zero-order valence-electron chi connectivity index (χ0n) is 8.21. The lowest BCUT2D eigenvalue weighted by Crippen LogP contribution is -2.26. The molecule has 84 valence electrons. The number of hydrogen-bond donors (Lipinski definition) is 1. The summed E-state index contributed by atoms with van der Waals surface area (Å²) < 4.78 is 24.2. The second-order valence-corrected chi connectivity index (χ2v) is 3.09. The number of aromatic nitrogens is 3. The van der Waals surface area contributed by atoms with Crippen molar-refractivity contribution < 1.29 is 8.78 Å². The second-order valence-electron chi connectivity index (χ2n) is 2.75. The monoisotopic (exact) mass is 237 g/mol. The van der Waals surface area contributed by atoms with Crippen molar-refractivity contribution in [1.29, 1.82) is 0 Å². The van der Waals surface area contributed by atoms with E-state index in [9.17, 15) is 8.78 Å². The average Bonchev–Trinajstić information content (AvgIpc) is 2.15. The number of hydrogen-bond acceptors (Lipinski definition) is 5. The van der Waals surface area contributed by atoms with E-state index in [0.29, 0.717) is 0 Å². The van der Waals surface area contributed by atoms with Crippen molar-refractivity contribution in [2.45, 2.75) is 6.43 Å². The van der Waals surface area contributed by atoms with E-state index < -0.39 is 13.0 Å². The molecule has 0 bridgehead atoms. The minimum atomic E-state index is -2.46. The van der Waals surface area contributed by atoms with Gasteiger partial charge < -0.3 is 10.2 Å². The molecule has 1 aromatic rings. The molecular weight excluding hydrogens is 228 g/mol. The van der Waals surface area contributed by atoms with Gasteiger partial charge in [-0.1, -0.05) is 0 Å². The molecule has 0 saturated carbocycles. The van der Waals surface area contributed by atoms with E-state index in [1.807, 2.05) is 0 Å². The molecule has 0 amide bonds. The van der Waals surface area contributed by atoms with Gasteiger partial charge in [-0.2, -0.15) is 15.0 Å². The summed E-state index contributed by atoms with van der Waals surface area (Å²) in [6.07, 6.45) is -2.46. The van der Waals surface area contributed by atoms with Gasteiger partial charge in [-0.3, -0.25) is 0 Å². The van der Waals surface area contributed by atoms with Crippen molar-refractivity contribution in [1.82, 2.24) is 15.0 Å². The third kappa shape index (κ3) is 3.43. The zero-order valence-corrected chi connectivity index (χ0v) is 8.96. The van der Waals surface area contributed by atoms with Gasteiger partial charge in [0.25, 0.3) is 6.43 Å². The van der Waals surface area contributed by atoms with E-state index in [1.165, 1.54) is 11.9 Å². The molecule has 1 aromatic heterocycles. The van der Waals surface area contributed by atoms with Crippen LogP contribution in [0.2, 0.25) is 5.28 Å². The highest BCUT2D eigenvalue weighted by atomic mass is 35.5. The molecule has 0 saturated heterocycles. The zero-order chi connectivity index (χ0) is 11.4. The number of rotatable bonds is 4. The van der Waals surface area contributed by atoms with Crippen LogP contribution in [-0.4, -0.2) is 42.0 Å². The number of anilines is 2. The normalized spacial score (nSPS) is 10.5. The Morgan fingerprint density at radius 1 is 1.40 bits per heavy atom. The van der Waals surface area contributed by atoms with Crippen molar-refractivity contribution in [3.8, 4) is 0 Å². The fourth-order valence-electron chi connectivity index (χ4n) is 0.911. The van der Waals surface area contributed by atoms with Gasteiger partial charge in [-0.15, -0.1) is 0 Å². The average molecular weight is 238 g/mol. The van der Waals surface area contributed by atoms with Crippen molar-refractivity contribution in [3.63, 3.8) is 0 Å². The number of nitrogens with one attached hydrogen (secondary N) is 1. The van der Waals surface area contributed by atoms with Crippen LogP contribution in [0.25, 0.3) is 0 Å². The summed E-state index contributed by atoms with van der Waals surface area (Å²) in [7, 11) is 3.06.